The molecule has 0 saturated carbocycles. The first kappa shape index (κ1) is 18.5. The molecule has 0 aromatic rings. The van der Waals surface area contributed by atoms with Crippen LogP contribution in [0.2, 0.25) is 0 Å². The van der Waals surface area contributed by atoms with Crippen LogP contribution in [0.1, 0.15) is 53.4 Å². The van der Waals surface area contributed by atoms with Crippen LogP contribution in [0.4, 0.5) is 4.79 Å². The zero-order chi connectivity index (χ0) is 16.8. The number of amides is 1. The van der Waals surface area contributed by atoms with E-state index in [9.17, 15) is 4.79 Å². The van der Waals surface area contributed by atoms with Gasteiger partial charge in [-0.1, -0.05) is 44.7 Å². The van der Waals surface area contributed by atoms with E-state index in [0.29, 0.717) is 0 Å². The number of piperidine rings is 1. The van der Waals surface area contributed by atoms with Crippen LogP contribution in [0.25, 0.3) is 0 Å². The Morgan fingerprint density at radius 2 is 1.86 bits per heavy atom. The van der Waals surface area contributed by atoms with Gasteiger partial charge in [-0.25, -0.2) is 4.79 Å². The summed E-state index contributed by atoms with van der Waals surface area (Å²) in [6, 6.07) is 0. The molecule has 0 bridgehead atoms. The molecule has 0 unspecified atom stereocenters. The molecule has 0 aromatic heterocycles. The van der Waals surface area contributed by atoms with E-state index >= 15 is 0 Å². The summed E-state index contributed by atoms with van der Waals surface area (Å²) in [4.78, 5) is 14.0. The van der Waals surface area contributed by atoms with Gasteiger partial charge in [0.1, 0.15) is 5.60 Å². The van der Waals surface area contributed by atoms with Crippen molar-refractivity contribution in [2.75, 3.05) is 13.1 Å². The molecule has 22 heavy (non-hydrogen) atoms. The average Bonchev–Trinajstić information content (AvgIpc) is 2.43. The average molecular weight is 305 g/mol. The number of rotatable bonds is 5. The van der Waals surface area contributed by atoms with Crippen LogP contribution in [0.3, 0.4) is 0 Å². The monoisotopic (exact) mass is 305 g/mol. The third kappa shape index (κ3) is 4.75. The summed E-state index contributed by atoms with van der Waals surface area (Å²) in [5, 5.41) is 0. The Hall–Kier alpha value is -1.51. The summed E-state index contributed by atoms with van der Waals surface area (Å²) >= 11 is 0. The van der Waals surface area contributed by atoms with Crippen LogP contribution >= 0.6 is 0 Å². The Morgan fingerprint density at radius 1 is 1.27 bits per heavy atom. The van der Waals surface area contributed by atoms with Crippen molar-refractivity contribution in [3.63, 3.8) is 0 Å². The summed E-state index contributed by atoms with van der Waals surface area (Å²) in [5.74, 6) is 0. The molecule has 1 heterocycles. The number of carbonyl (C=O) groups is 1. The number of hydrogen-bond donors (Lipinski definition) is 0. The summed E-state index contributed by atoms with van der Waals surface area (Å²) < 4.78 is 5.48. The van der Waals surface area contributed by atoms with Crippen LogP contribution in [0.5, 0.6) is 0 Å². The van der Waals surface area contributed by atoms with Crippen LogP contribution in [-0.4, -0.2) is 29.7 Å². The molecule has 3 heteroatoms. The molecular formula is C19H31NO2. The minimum Gasteiger partial charge on any atom is -0.444 e. The van der Waals surface area contributed by atoms with Gasteiger partial charge in [0.05, 0.1) is 0 Å². The summed E-state index contributed by atoms with van der Waals surface area (Å²) in [6.07, 6.45) is 9.76. The van der Waals surface area contributed by atoms with E-state index in [1.807, 2.05) is 37.8 Å². The normalized spacial score (nSPS) is 18.7. The van der Waals surface area contributed by atoms with Crippen molar-refractivity contribution in [1.29, 1.82) is 0 Å². The van der Waals surface area contributed by atoms with Crippen LogP contribution in [0, 0.1) is 5.41 Å². The van der Waals surface area contributed by atoms with Gasteiger partial charge in [-0.2, -0.15) is 0 Å². The van der Waals surface area contributed by atoms with Gasteiger partial charge < -0.3 is 9.64 Å². The second-order valence-corrected chi connectivity index (χ2v) is 7.06. The second kappa shape index (κ2) is 7.66. The molecule has 3 nitrogen and oxygen atoms in total. The lowest BCUT2D eigenvalue weighted by Gasteiger charge is -2.43. The van der Waals surface area contributed by atoms with Gasteiger partial charge in [0, 0.05) is 13.1 Å². The fourth-order valence-electron chi connectivity index (χ4n) is 3.19. The van der Waals surface area contributed by atoms with Gasteiger partial charge >= 0.3 is 6.09 Å². The van der Waals surface area contributed by atoms with Crippen molar-refractivity contribution in [3.05, 3.63) is 37.0 Å². The van der Waals surface area contributed by atoms with E-state index in [0.717, 1.165) is 38.8 Å². The fourth-order valence-corrected chi connectivity index (χ4v) is 3.19. The molecule has 1 fully saturated rings. The summed E-state index contributed by atoms with van der Waals surface area (Å²) in [6.45, 7) is 17.1. The van der Waals surface area contributed by atoms with Crippen molar-refractivity contribution >= 4 is 6.09 Å². The smallest absolute Gasteiger partial charge is 0.410 e. The van der Waals surface area contributed by atoms with Crippen molar-refractivity contribution in [2.45, 2.75) is 59.0 Å². The number of ether oxygens (including phenoxy) is 1. The molecule has 0 atom stereocenters. The third-order valence-corrected chi connectivity index (χ3v) is 4.23. The van der Waals surface area contributed by atoms with Crippen LogP contribution < -0.4 is 0 Å². The molecule has 1 saturated heterocycles. The molecule has 1 aliphatic heterocycles. The Morgan fingerprint density at radius 3 is 2.27 bits per heavy atom. The third-order valence-electron chi connectivity index (χ3n) is 4.23. The first-order chi connectivity index (χ1) is 10.3. The zero-order valence-electron chi connectivity index (χ0n) is 14.7. The number of hydrogen-bond acceptors (Lipinski definition) is 2. The minimum absolute atomic E-state index is 0.114. The Balaban J connectivity index is 2.81. The first-order valence-electron chi connectivity index (χ1n) is 8.21. The van der Waals surface area contributed by atoms with Gasteiger partial charge in [-0.3, -0.25) is 0 Å². The molecule has 0 N–H and O–H groups in total. The van der Waals surface area contributed by atoms with E-state index in [1.54, 1.807) is 0 Å². The molecular weight excluding hydrogens is 274 g/mol. The molecule has 1 amide bonds. The summed E-state index contributed by atoms with van der Waals surface area (Å²) in [7, 11) is 0. The van der Waals surface area contributed by atoms with E-state index in [1.165, 1.54) is 5.57 Å². The van der Waals surface area contributed by atoms with Gasteiger partial charge in [0.25, 0.3) is 0 Å². The first-order valence-corrected chi connectivity index (χ1v) is 8.21. The van der Waals surface area contributed by atoms with Crippen molar-refractivity contribution in [3.8, 4) is 0 Å². The Kier molecular flexibility index (Phi) is 6.46. The van der Waals surface area contributed by atoms with E-state index in [4.69, 9.17) is 4.74 Å². The van der Waals surface area contributed by atoms with Crippen LogP contribution in [0.15, 0.2) is 37.0 Å². The molecule has 124 valence electrons. The van der Waals surface area contributed by atoms with Crippen molar-refractivity contribution in [1.82, 2.24) is 4.90 Å². The zero-order valence-corrected chi connectivity index (χ0v) is 14.7. The highest BCUT2D eigenvalue weighted by Crippen LogP contribution is 2.43. The van der Waals surface area contributed by atoms with Gasteiger partial charge in [-0.15, -0.1) is 0 Å². The maximum absolute atomic E-state index is 12.2. The highest BCUT2D eigenvalue weighted by molar-refractivity contribution is 5.68. The topological polar surface area (TPSA) is 29.5 Å². The van der Waals surface area contributed by atoms with Gasteiger partial charge in [-0.05, 0) is 51.0 Å². The van der Waals surface area contributed by atoms with Gasteiger partial charge in [0.2, 0.25) is 0 Å². The van der Waals surface area contributed by atoms with E-state index in [2.05, 4.69) is 26.2 Å². The lowest BCUT2D eigenvalue weighted by molar-refractivity contribution is 0.0130. The van der Waals surface area contributed by atoms with Crippen LogP contribution in [-0.2, 0) is 4.74 Å². The lowest BCUT2D eigenvalue weighted by Crippen LogP contribution is -2.45. The highest BCUT2D eigenvalue weighted by Gasteiger charge is 2.38. The molecule has 1 rings (SSSR count). The molecule has 0 spiro atoms. The van der Waals surface area contributed by atoms with Crippen molar-refractivity contribution in [2.24, 2.45) is 5.41 Å². The Labute approximate surface area is 135 Å². The summed E-state index contributed by atoms with van der Waals surface area (Å²) in [5.41, 5.74) is 0.918. The maximum atomic E-state index is 12.2. The van der Waals surface area contributed by atoms with E-state index < -0.39 is 5.60 Å². The molecule has 0 aliphatic carbocycles. The Bertz CT molecular complexity index is 435. The standard InChI is InChI=1S/C19H31NO2/c1-7-10-16(9-3)19(11-8-2)12-14-20(15-13-19)17(21)22-18(4,5)6/h7,9-10H,1,3,8,11-15H2,2,4-6H3/b16-10+. The van der Waals surface area contributed by atoms with Gasteiger partial charge in [0.15, 0.2) is 0 Å². The lowest BCUT2D eigenvalue weighted by atomic mass is 9.69. The molecule has 0 radical (unpaired) electrons. The van der Waals surface area contributed by atoms with Crippen molar-refractivity contribution < 1.29 is 9.53 Å². The largest absolute Gasteiger partial charge is 0.444 e. The SMILES string of the molecule is C=C/C=C(\C=C)C1(CCC)CCN(C(=O)OC(C)(C)C)CC1. The number of carbonyl (C=O) groups excluding carboxylic acids is 1. The second-order valence-electron chi connectivity index (χ2n) is 7.06. The quantitative estimate of drug-likeness (QED) is 0.661. The molecule has 0 aromatic carbocycles. The number of allylic oxidation sites excluding steroid dienone is 4. The predicted octanol–water partition coefficient (Wildman–Crippen LogP) is 5.10. The molecule has 1 aliphatic rings. The highest BCUT2D eigenvalue weighted by atomic mass is 16.6. The number of likely N-dealkylation sites (tertiary alicyclic amines) is 1. The maximum Gasteiger partial charge on any atom is 0.410 e. The van der Waals surface area contributed by atoms with E-state index in [-0.39, 0.29) is 11.5 Å². The minimum atomic E-state index is -0.440. The fraction of sp³-hybridized carbons (Fsp3) is 0.632. The predicted molar refractivity (Wildman–Crippen MR) is 92.9 cm³/mol. The number of nitrogens with zero attached hydrogens (tertiary/aromatic N) is 1.